The summed E-state index contributed by atoms with van der Waals surface area (Å²) in [6.45, 7) is 4.84. The monoisotopic (exact) mass is 420 g/mol. The number of carbonyl (C=O) groups is 1. The number of rotatable bonds is 4. The van der Waals surface area contributed by atoms with Gasteiger partial charge in [-0.1, -0.05) is 13.8 Å². The lowest BCUT2D eigenvalue weighted by atomic mass is 10.1. The van der Waals surface area contributed by atoms with Gasteiger partial charge in [-0.3, -0.25) is 14.2 Å². The van der Waals surface area contributed by atoms with Gasteiger partial charge in [0, 0.05) is 19.0 Å². The lowest BCUT2D eigenvalue weighted by molar-refractivity contribution is -0.153. The first-order valence-corrected chi connectivity index (χ1v) is 9.53. The molecule has 0 spiro atoms. The van der Waals surface area contributed by atoms with Crippen molar-refractivity contribution in [2.75, 3.05) is 36.1 Å². The van der Waals surface area contributed by atoms with Gasteiger partial charge in [0.25, 0.3) is 5.56 Å². The topological polar surface area (TPSA) is 67.7 Å². The van der Waals surface area contributed by atoms with E-state index in [1.807, 2.05) is 0 Å². The van der Waals surface area contributed by atoms with Crippen LogP contribution in [0.2, 0.25) is 0 Å². The van der Waals surface area contributed by atoms with Crippen molar-refractivity contribution in [2.24, 2.45) is 5.92 Å². The van der Waals surface area contributed by atoms with Gasteiger partial charge in [0.15, 0.2) is 11.6 Å². The van der Waals surface area contributed by atoms with E-state index in [4.69, 9.17) is 4.74 Å². The molecule has 0 aromatic carbocycles. The number of anilines is 2. The molecule has 2 atom stereocenters. The number of halogens is 4. The Labute approximate surface area is 165 Å². The van der Waals surface area contributed by atoms with Crippen LogP contribution in [0.5, 0.6) is 0 Å². The maximum absolute atomic E-state index is 14.8. The fraction of sp³-hybridized carbons (Fsp3) is 0.722. The van der Waals surface area contributed by atoms with Crippen LogP contribution in [-0.2, 0) is 16.1 Å². The maximum Gasteiger partial charge on any atom is 0.408 e. The van der Waals surface area contributed by atoms with E-state index in [0.29, 0.717) is 0 Å². The molecule has 3 rings (SSSR count). The number of hydrogen-bond donors (Lipinski definition) is 0. The van der Waals surface area contributed by atoms with Crippen LogP contribution < -0.4 is 15.4 Å². The molecule has 1 aromatic rings. The summed E-state index contributed by atoms with van der Waals surface area (Å²) < 4.78 is 62.0. The van der Waals surface area contributed by atoms with Crippen LogP contribution in [0.3, 0.4) is 0 Å². The summed E-state index contributed by atoms with van der Waals surface area (Å²) in [6, 6.07) is -2.28. The van der Waals surface area contributed by atoms with Crippen LogP contribution >= 0.6 is 0 Å². The molecule has 2 aliphatic heterocycles. The van der Waals surface area contributed by atoms with Crippen molar-refractivity contribution in [3.05, 3.63) is 16.2 Å². The lowest BCUT2D eigenvalue weighted by Crippen LogP contribution is -2.55. The third-order valence-electron chi connectivity index (χ3n) is 5.32. The number of nitrogens with zero attached hydrogens (tertiary/aromatic N) is 4. The minimum absolute atomic E-state index is 0.252. The van der Waals surface area contributed by atoms with E-state index < -0.39 is 48.3 Å². The zero-order chi connectivity index (χ0) is 21.5. The number of morpholine rings is 1. The Balaban J connectivity index is 2.13. The van der Waals surface area contributed by atoms with E-state index in [0.717, 1.165) is 9.47 Å². The van der Waals surface area contributed by atoms with E-state index in [-0.39, 0.29) is 44.1 Å². The smallest absolute Gasteiger partial charge is 0.377 e. The molecule has 3 heterocycles. The van der Waals surface area contributed by atoms with Crippen molar-refractivity contribution in [1.82, 2.24) is 9.55 Å². The van der Waals surface area contributed by atoms with Crippen molar-refractivity contribution >= 4 is 17.5 Å². The fourth-order valence-corrected chi connectivity index (χ4v) is 3.58. The Hall–Kier alpha value is -2.17. The molecule has 0 N–H and O–H groups in total. The van der Waals surface area contributed by atoms with E-state index in [1.54, 1.807) is 20.8 Å². The summed E-state index contributed by atoms with van der Waals surface area (Å²) in [5, 5.41) is 0. The Morgan fingerprint density at radius 2 is 2.00 bits per heavy atom. The summed E-state index contributed by atoms with van der Waals surface area (Å²) in [4.78, 5) is 31.3. The molecule has 1 saturated heterocycles. The van der Waals surface area contributed by atoms with Gasteiger partial charge in [0.2, 0.25) is 11.8 Å². The zero-order valence-electron chi connectivity index (χ0n) is 16.5. The van der Waals surface area contributed by atoms with E-state index in [2.05, 4.69) is 4.98 Å². The summed E-state index contributed by atoms with van der Waals surface area (Å²) in [6.07, 6.45) is -5.09. The molecule has 11 heteroatoms. The predicted molar refractivity (Wildman–Crippen MR) is 97.7 cm³/mol. The zero-order valence-corrected chi connectivity index (χ0v) is 16.5. The average Bonchev–Trinajstić information content (AvgIpc) is 2.64. The summed E-state index contributed by atoms with van der Waals surface area (Å²) >= 11 is 0. The number of ketones is 1. The standard InChI is InChI=1S/C18H24F4N4O3/c1-10(2)12(27)8-26-13(18(20,21)22)4-5-25-16(28)14(19)15(23-17(25)26)24-6-7-29-9-11(24)3/h10-11,13H,4-9H2,1-3H3. The van der Waals surface area contributed by atoms with Crippen LogP contribution in [0.15, 0.2) is 4.79 Å². The van der Waals surface area contributed by atoms with Gasteiger partial charge < -0.3 is 14.5 Å². The molecule has 0 aliphatic carbocycles. The first-order chi connectivity index (χ1) is 13.5. The second-order valence-electron chi connectivity index (χ2n) is 7.72. The summed E-state index contributed by atoms with van der Waals surface area (Å²) in [7, 11) is 0. The molecule has 1 aromatic heterocycles. The highest BCUT2D eigenvalue weighted by atomic mass is 19.4. The minimum Gasteiger partial charge on any atom is -0.377 e. The van der Waals surface area contributed by atoms with Gasteiger partial charge >= 0.3 is 6.18 Å². The third-order valence-corrected chi connectivity index (χ3v) is 5.32. The highest BCUT2D eigenvalue weighted by molar-refractivity contribution is 5.85. The summed E-state index contributed by atoms with van der Waals surface area (Å²) in [5.74, 6) is -2.66. The molecule has 0 radical (unpaired) electrons. The average molecular weight is 420 g/mol. The second-order valence-corrected chi connectivity index (χ2v) is 7.72. The first kappa shape index (κ1) is 21.5. The second kappa shape index (κ2) is 7.92. The predicted octanol–water partition coefficient (Wildman–Crippen LogP) is 1.97. The molecule has 2 aliphatic rings. The van der Waals surface area contributed by atoms with E-state index >= 15 is 0 Å². The van der Waals surface area contributed by atoms with Gasteiger partial charge in [-0.05, 0) is 13.3 Å². The van der Waals surface area contributed by atoms with Gasteiger partial charge in [0.05, 0.1) is 25.8 Å². The number of ether oxygens (including phenoxy) is 1. The Morgan fingerprint density at radius 1 is 1.31 bits per heavy atom. The Bertz CT molecular complexity index is 840. The third kappa shape index (κ3) is 4.10. The van der Waals surface area contributed by atoms with Gasteiger partial charge in [-0.15, -0.1) is 0 Å². The SMILES string of the molecule is CC(C)C(=O)CN1c2nc(N3CCOCC3C)c(F)c(=O)n2CCC1C(F)(F)F. The minimum atomic E-state index is -4.62. The molecular weight excluding hydrogens is 396 g/mol. The normalized spacial score (nSPS) is 22.8. The van der Waals surface area contributed by atoms with Crippen LogP contribution in [0.1, 0.15) is 27.2 Å². The quantitative estimate of drug-likeness (QED) is 0.694. The molecular formula is C18H24F4N4O3. The first-order valence-electron chi connectivity index (χ1n) is 9.53. The van der Waals surface area contributed by atoms with Crippen molar-refractivity contribution in [3.8, 4) is 0 Å². The van der Waals surface area contributed by atoms with Gasteiger partial charge in [0.1, 0.15) is 6.04 Å². The number of alkyl halides is 3. The number of Topliss-reactive ketones (excluding diaryl/α,β-unsaturated/α-hetero) is 1. The number of hydrogen-bond acceptors (Lipinski definition) is 6. The maximum atomic E-state index is 14.8. The molecule has 162 valence electrons. The van der Waals surface area contributed by atoms with Crippen molar-refractivity contribution in [3.63, 3.8) is 0 Å². The van der Waals surface area contributed by atoms with E-state index in [9.17, 15) is 27.2 Å². The molecule has 0 bridgehead atoms. The van der Waals surface area contributed by atoms with Crippen LogP contribution in [0.25, 0.3) is 0 Å². The van der Waals surface area contributed by atoms with Crippen molar-refractivity contribution in [1.29, 1.82) is 0 Å². The number of fused-ring (bicyclic) bond motifs is 1. The van der Waals surface area contributed by atoms with Crippen molar-refractivity contribution in [2.45, 2.75) is 52.0 Å². The van der Waals surface area contributed by atoms with Crippen LogP contribution in [0.4, 0.5) is 29.3 Å². The number of aromatic nitrogens is 2. The number of carbonyl (C=O) groups excluding carboxylic acids is 1. The summed E-state index contributed by atoms with van der Waals surface area (Å²) in [5.41, 5.74) is -1.04. The fourth-order valence-electron chi connectivity index (χ4n) is 3.58. The molecule has 0 amide bonds. The highest BCUT2D eigenvalue weighted by Crippen LogP contribution is 2.35. The molecule has 1 fully saturated rings. The molecule has 0 saturated carbocycles. The lowest BCUT2D eigenvalue weighted by Gasteiger charge is -2.40. The highest BCUT2D eigenvalue weighted by Gasteiger charge is 2.48. The van der Waals surface area contributed by atoms with Gasteiger partial charge in [-0.2, -0.15) is 22.5 Å². The largest absolute Gasteiger partial charge is 0.408 e. The van der Waals surface area contributed by atoms with Crippen LogP contribution in [0, 0.1) is 11.7 Å². The van der Waals surface area contributed by atoms with Crippen LogP contribution in [-0.4, -0.2) is 59.9 Å². The molecule has 7 nitrogen and oxygen atoms in total. The van der Waals surface area contributed by atoms with Crippen molar-refractivity contribution < 1.29 is 27.1 Å². The molecule has 2 unspecified atom stereocenters. The molecule has 29 heavy (non-hydrogen) atoms. The Morgan fingerprint density at radius 3 is 2.59 bits per heavy atom. The van der Waals surface area contributed by atoms with E-state index in [1.165, 1.54) is 4.90 Å². The van der Waals surface area contributed by atoms with Gasteiger partial charge in [-0.25, -0.2) is 0 Å². The Kier molecular flexibility index (Phi) is 5.88.